The second-order valence-corrected chi connectivity index (χ2v) is 5.07. The number of hydrogen-bond donors (Lipinski definition) is 2. The van der Waals surface area contributed by atoms with Crippen LogP contribution >= 0.6 is 0 Å². The summed E-state index contributed by atoms with van der Waals surface area (Å²) >= 11 is 0. The summed E-state index contributed by atoms with van der Waals surface area (Å²) in [6.07, 6.45) is 0. The van der Waals surface area contributed by atoms with Crippen LogP contribution in [-0.4, -0.2) is 59.1 Å². The van der Waals surface area contributed by atoms with Gasteiger partial charge in [-0.05, 0) is 20.8 Å². The summed E-state index contributed by atoms with van der Waals surface area (Å²) < 4.78 is 5.10. The Morgan fingerprint density at radius 2 is 2.11 bits per heavy atom. The molecule has 1 rings (SSSR count). The summed E-state index contributed by atoms with van der Waals surface area (Å²) in [4.78, 5) is 35.4. The fraction of sp³-hybridized carbons (Fsp3) is 0.727. The standard InChI is InChI=1S/C11H18N2O5/c1-11(2,3)18-10(17)8-9(16)13(5-4-12-8)6-7(14)15/h8,12H,4-6H2,1-3H3,(H,14,15). The van der Waals surface area contributed by atoms with Gasteiger partial charge in [-0.25, -0.2) is 4.79 Å². The predicted octanol–water partition coefficient (Wildman–Crippen LogP) is -0.787. The number of rotatable bonds is 3. The smallest absolute Gasteiger partial charge is 0.333 e. The predicted molar refractivity (Wildman–Crippen MR) is 61.9 cm³/mol. The van der Waals surface area contributed by atoms with Crippen molar-refractivity contribution in [3.63, 3.8) is 0 Å². The molecule has 7 nitrogen and oxygen atoms in total. The van der Waals surface area contributed by atoms with Gasteiger partial charge < -0.3 is 14.7 Å². The molecular formula is C11H18N2O5. The summed E-state index contributed by atoms with van der Waals surface area (Å²) in [6, 6.07) is -1.11. The third kappa shape index (κ3) is 3.99. The minimum atomic E-state index is -1.11. The minimum Gasteiger partial charge on any atom is -0.480 e. The van der Waals surface area contributed by atoms with Crippen molar-refractivity contribution in [2.75, 3.05) is 19.6 Å². The van der Waals surface area contributed by atoms with Gasteiger partial charge in [0, 0.05) is 13.1 Å². The van der Waals surface area contributed by atoms with E-state index in [4.69, 9.17) is 9.84 Å². The molecule has 1 unspecified atom stereocenters. The number of ether oxygens (including phenoxy) is 1. The average Bonchev–Trinajstić information content (AvgIpc) is 2.17. The molecular weight excluding hydrogens is 240 g/mol. The molecule has 102 valence electrons. The fourth-order valence-corrected chi connectivity index (χ4v) is 1.59. The number of amides is 1. The van der Waals surface area contributed by atoms with E-state index in [0.717, 1.165) is 4.90 Å². The topological polar surface area (TPSA) is 95.9 Å². The van der Waals surface area contributed by atoms with E-state index in [1.54, 1.807) is 20.8 Å². The number of carbonyl (C=O) groups is 3. The Balaban J connectivity index is 2.68. The molecule has 1 amide bonds. The number of esters is 1. The molecule has 1 fully saturated rings. The number of carboxylic acids is 1. The van der Waals surface area contributed by atoms with Gasteiger partial charge in [0.15, 0.2) is 6.04 Å². The van der Waals surface area contributed by atoms with Gasteiger partial charge in [-0.1, -0.05) is 0 Å². The molecule has 1 aliphatic rings. The third-order valence-corrected chi connectivity index (χ3v) is 2.26. The molecule has 1 heterocycles. The van der Waals surface area contributed by atoms with Crippen molar-refractivity contribution < 1.29 is 24.2 Å². The van der Waals surface area contributed by atoms with Crippen molar-refractivity contribution in [3.05, 3.63) is 0 Å². The summed E-state index contributed by atoms with van der Waals surface area (Å²) in [6.45, 7) is 5.33. The molecule has 0 aromatic carbocycles. The van der Waals surface area contributed by atoms with E-state index in [2.05, 4.69) is 5.32 Å². The molecule has 0 bridgehead atoms. The number of piperazine rings is 1. The monoisotopic (exact) mass is 258 g/mol. The van der Waals surface area contributed by atoms with Crippen molar-refractivity contribution in [2.24, 2.45) is 0 Å². The molecule has 0 spiro atoms. The van der Waals surface area contributed by atoms with Gasteiger partial charge in [-0.15, -0.1) is 0 Å². The van der Waals surface area contributed by atoms with Gasteiger partial charge in [-0.3, -0.25) is 14.9 Å². The van der Waals surface area contributed by atoms with Gasteiger partial charge >= 0.3 is 11.9 Å². The quantitative estimate of drug-likeness (QED) is 0.509. The molecule has 0 saturated carbocycles. The van der Waals surface area contributed by atoms with E-state index < -0.39 is 36.0 Å². The van der Waals surface area contributed by atoms with Crippen LogP contribution in [-0.2, 0) is 19.1 Å². The Morgan fingerprint density at radius 3 is 2.61 bits per heavy atom. The number of aliphatic carboxylic acids is 1. The first kappa shape index (κ1) is 14.4. The first-order chi connectivity index (χ1) is 8.20. The molecule has 1 atom stereocenters. The zero-order chi connectivity index (χ0) is 13.9. The summed E-state index contributed by atoms with van der Waals surface area (Å²) in [5.74, 6) is -2.34. The molecule has 7 heteroatoms. The van der Waals surface area contributed by atoms with Crippen LogP contribution in [0.5, 0.6) is 0 Å². The van der Waals surface area contributed by atoms with Crippen molar-refractivity contribution in [1.82, 2.24) is 10.2 Å². The van der Waals surface area contributed by atoms with E-state index in [1.807, 2.05) is 0 Å². The summed E-state index contributed by atoms with van der Waals surface area (Å²) in [5, 5.41) is 11.4. The van der Waals surface area contributed by atoms with Crippen LogP contribution in [0.3, 0.4) is 0 Å². The Bertz CT molecular complexity index is 361. The van der Waals surface area contributed by atoms with E-state index >= 15 is 0 Å². The Morgan fingerprint density at radius 1 is 1.50 bits per heavy atom. The van der Waals surface area contributed by atoms with E-state index in [-0.39, 0.29) is 6.54 Å². The number of nitrogens with zero attached hydrogens (tertiary/aromatic N) is 1. The maximum Gasteiger partial charge on any atom is 0.333 e. The number of carbonyl (C=O) groups excluding carboxylic acids is 2. The van der Waals surface area contributed by atoms with Crippen LogP contribution in [0.2, 0.25) is 0 Å². The van der Waals surface area contributed by atoms with Crippen LogP contribution < -0.4 is 5.32 Å². The second kappa shape index (κ2) is 5.34. The zero-order valence-electron chi connectivity index (χ0n) is 10.7. The normalized spacial score (nSPS) is 20.7. The maximum atomic E-state index is 11.9. The first-order valence-corrected chi connectivity index (χ1v) is 5.67. The number of carboxylic acid groups (broad SMARTS) is 1. The van der Waals surface area contributed by atoms with E-state index in [9.17, 15) is 14.4 Å². The molecule has 2 N–H and O–H groups in total. The highest BCUT2D eigenvalue weighted by molar-refractivity contribution is 6.03. The van der Waals surface area contributed by atoms with Crippen molar-refractivity contribution >= 4 is 17.8 Å². The molecule has 0 aromatic rings. The highest BCUT2D eigenvalue weighted by Crippen LogP contribution is 2.11. The van der Waals surface area contributed by atoms with Gasteiger partial charge in [0.1, 0.15) is 12.1 Å². The Labute approximate surface area is 105 Å². The van der Waals surface area contributed by atoms with Crippen LogP contribution in [0.1, 0.15) is 20.8 Å². The minimum absolute atomic E-state index is 0.268. The number of nitrogens with one attached hydrogen (secondary N) is 1. The van der Waals surface area contributed by atoms with Gasteiger partial charge in [0.05, 0.1) is 0 Å². The summed E-state index contributed by atoms with van der Waals surface area (Å²) in [7, 11) is 0. The lowest BCUT2D eigenvalue weighted by Gasteiger charge is -2.32. The maximum absolute atomic E-state index is 11.9. The van der Waals surface area contributed by atoms with Crippen LogP contribution in [0.25, 0.3) is 0 Å². The van der Waals surface area contributed by atoms with Crippen molar-refractivity contribution in [1.29, 1.82) is 0 Å². The lowest BCUT2D eigenvalue weighted by atomic mass is 10.1. The highest BCUT2D eigenvalue weighted by Gasteiger charge is 2.37. The fourth-order valence-electron chi connectivity index (χ4n) is 1.59. The van der Waals surface area contributed by atoms with Crippen molar-refractivity contribution in [3.8, 4) is 0 Å². The average molecular weight is 258 g/mol. The molecule has 18 heavy (non-hydrogen) atoms. The zero-order valence-corrected chi connectivity index (χ0v) is 10.7. The molecule has 0 radical (unpaired) electrons. The van der Waals surface area contributed by atoms with Gasteiger partial charge in [-0.2, -0.15) is 0 Å². The van der Waals surface area contributed by atoms with Crippen LogP contribution in [0.15, 0.2) is 0 Å². The lowest BCUT2D eigenvalue weighted by molar-refractivity contribution is -0.164. The molecule has 0 aromatic heterocycles. The number of hydrogen-bond acceptors (Lipinski definition) is 5. The molecule has 1 aliphatic heterocycles. The van der Waals surface area contributed by atoms with Crippen LogP contribution in [0.4, 0.5) is 0 Å². The van der Waals surface area contributed by atoms with Gasteiger partial charge in [0.2, 0.25) is 0 Å². The molecule has 0 aliphatic carbocycles. The first-order valence-electron chi connectivity index (χ1n) is 5.67. The van der Waals surface area contributed by atoms with Gasteiger partial charge in [0.25, 0.3) is 5.91 Å². The van der Waals surface area contributed by atoms with E-state index in [0.29, 0.717) is 6.54 Å². The largest absolute Gasteiger partial charge is 0.480 e. The SMILES string of the molecule is CC(C)(C)OC(=O)C1NCCN(CC(=O)O)C1=O. The molecule has 1 saturated heterocycles. The van der Waals surface area contributed by atoms with Crippen LogP contribution in [0, 0.1) is 0 Å². The lowest BCUT2D eigenvalue weighted by Crippen LogP contribution is -2.60. The highest BCUT2D eigenvalue weighted by atomic mass is 16.6. The third-order valence-electron chi connectivity index (χ3n) is 2.26. The Hall–Kier alpha value is -1.63. The Kier molecular flexibility index (Phi) is 4.28. The van der Waals surface area contributed by atoms with E-state index in [1.165, 1.54) is 0 Å². The van der Waals surface area contributed by atoms with Crippen molar-refractivity contribution in [2.45, 2.75) is 32.4 Å². The second-order valence-electron chi connectivity index (χ2n) is 5.07. The summed E-state index contributed by atoms with van der Waals surface area (Å²) in [5.41, 5.74) is -0.686.